The van der Waals surface area contributed by atoms with Crippen LogP contribution < -0.4 is 10.5 Å². The zero-order valence-corrected chi connectivity index (χ0v) is 11.0. The van der Waals surface area contributed by atoms with Gasteiger partial charge in [-0.1, -0.05) is 12.1 Å². The zero-order valence-electron chi connectivity index (χ0n) is 11.0. The molecule has 0 radical (unpaired) electrons. The predicted molar refractivity (Wildman–Crippen MR) is 72.4 cm³/mol. The van der Waals surface area contributed by atoms with Gasteiger partial charge in [-0.3, -0.25) is 4.98 Å². The van der Waals surface area contributed by atoms with E-state index in [-0.39, 0.29) is 11.8 Å². The van der Waals surface area contributed by atoms with Crippen molar-refractivity contribution in [1.29, 1.82) is 0 Å². The van der Waals surface area contributed by atoms with E-state index in [0.29, 0.717) is 5.69 Å². The van der Waals surface area contributed by atoms with E-state index in [1.165, 1.54) is 6.07 Å². The maximum absolute atomic E-state index is 13.7. The largest absolute Gasteiger partial charge is 0.479 e. The van der Waals surface area contributed by atoms with Crippen molar-refractivity contribution in [2.24, 2.45) is 5.73 Å². The Morgan fingerprint density at radius 2 is 2.05 bits per heavy atom. The van der Waals surface area contributed by atoms with Gasteiger partial charge in [-0.15, -0.1) is 0 Å². The molecule has 0 aliphatic carbocycles. The lowest BCUT2D eigenvalue weighted by atomic mass is 10.1. The molecule has 4 heteroatoms. The third-order valence-corrected chi connectivity index (χ3v) is 2.80. The van der Waals surface area contributed by atoms with E-state index in [9.17, 15) is 4.39 Å². The maximum atomic E-state index is 13.7. The molecule has 19 heavy (non-hydrogen) atoms. The van der Waals surface area contributed by atoms with Gasteiger partial charge in [-0.25, -0.2) is 4.39 Å². The molecular weight excluding hydrogens is 243 g/mol. The average Bonchev–Trinajstić information content (AvgIpc) is 2.40. The fourth-order valence-corrected chi connectivity index (χ4v) is 1.82. The van der Waals surface area contributed by atoms with Gasteiger partial charge in [0.1, 0.15) is 0 Å². The SMILES string of the molecule is Cc1ccc(F)c(OC(c2ccccn2)C(C)N)c1. The maximum Gasteiger partial charge on any atom is 0.165 e. The van der Waals surface area contributed by atoms with Crippen molar-refractivity contribution in [1.82, 2.24) is 4.98 Å². The molecule has 0 saturated heterocycles. The van der Waals surface area contributed by atoms with Gasteiger partial charge >= 0.3 is 0 Å². The number of pyridine rings is 1. The van der Waals surface area contributed by atoms with Crippen molar-refractivity contribution in [3.05, 3.63) is 59.7 Å². The van der Waals surface area contributed by atoms with Gasteiger partial charge in [-0.2, -0.15) is 0 Å². The van der Waals surface area contributed by atoms with Crippen molar-refractivity contribution in [2.45, 2.75) is 26.0 Å². The second-order valence-electron chi connectivity index (χ2n) is 4.59. The molecule has 0 spiro atoms. The first-order valence-electron chi connectivity index (χ1n) is 6.17. The quantitative estimate of drug-likeness (QED) is 0.919. The average molecular weight is 260 g/mol. The molecule has 2 N–H and O–H groups in total. The second kappa shape index (κ2) is 5.80. The Hall–Kier alpha value is -1.94. The Morgan fingerprint density at radius 1 is 1.26 bits per heavy atom. The summed E-state index contributed by atoms with van der Waals surface area (Å²) in [6, 6.07) is 9.94. The van der Waals surface area contributed by atoms with Gasteiger partial charge in [-0.05, 0) is 43.7 Å². The molecule has 2 unspecified atom stereocenters. The first-order valence-corrected chi connectivity index (χ1v) is 6.17. The molecule has 0 bridgehead atoms. The zero-order chi connectivity index (χ0) is 13.8. The van der Waals surface area contributed by atoms with Gasteiger partial charge in [0, 0.05) is 12.2 Å². The van der Waals surface area contributed by atoms with E-state index in [1.54, 1.807) is 18.3 Å². The minimum absolute atomic E-state index is 0.202. The van der Waals surface area contributed by atoms with Crippen LogP contribution in [0.1, 0.15) is 24.3 Å². The summed E-state index contributed by atoms with van der Waals surface area (Å²) in [5.74, 6) is -0.194. The summed E-state index contributed by atoms with van der Waals surface area (Å²) in [5, 5.41) is 0. The molecule has 0 aliphatic rings. The van der Waals surface area contributed by atoms with Gasteiger partial charge in [0.25, 0.3) is 0 Å². The van der Waals surface area contributed by atoms with E-state index >= 15 is 0 Å². The van der Waals surface area contributed by atoms with Crippen LogP contribution in [0.5, 0.6) is 5.75 Å². The Morgan fingerprint density at radius 3 is 2.68 bits per heavy atom. The number of benzene rings is 1. The molecule has 1 aromatic carbocycles. The highest BCUT2D eigenvalue weighted by molar-refractivity contribution is 5.30. The highest BCUT2D eigenvalue weighted by Gasteiger charge is 2.20. The van der Waals surface area contributed by atoms with Crippen molar-refractivity contribution >= 4 is 0 Å². The van der Waals surface area contributed by atoms with Crippen LogP contribution in [-0.4, -0.2) is 11.0 Å². The van der Waals surface area contributed by atoms with Crippen molar-refractivity contribution in [2.75, 3.05) is 0 Å². The number of nitrogens with zero attached hydrogens (tertiary/aromatic N) is 1. The Balaban J connectivity index is 2.29. The number of nitrogens with two attached hydrogens (primary N) is 1. The molecule has 0 aliphatic heterocycles. The van der Waals surface area contributed by atoms with Gasteiger partial charge in [0.15, 0.2) is 17.7 Å². The van der Waals surface area contributed by atoms with Crippen LogP contribution in [-0.2, 0) is 0 Å². The third kappa shape index (κ3) is 3.29. The molecule has 0 saturated carbocycles. The first-order chi connectivity index (χ1) is 9.08. The molecule has 0 fully saturated rings. The molecule has 3 nitrogen and oxygen atoms in total. The lowest BCUT2D eigenvalue weighted by molar-refractivity contribution is 0.168. The Kier molecular flexibility index (Phi) is 4.12. The Labute approximate surface area is 112 Å². The van der Waals surface area contributed by atoms with E-state index < -0.39 is 11.9 Å². The number of halogens is 1. The third-order valence-electron chi connectivity index (χ3n) is 2.80. The van der Waals surface area contributed by atoms with E-state index in [4.69, 9.17) is 10.5 Å². The molecule has 2 aromatic rings. The molecule has 2 atom stereocenters. The van der Waals surface area contributed by atoms with Crippen LogP contribution in [0.25, 0.3) is 0 Å². The van der Waals surface area contributed by atoms with E-state index in [2.05, 4.69) is 4.98 Å². The van der Waals surface area contributed by atoms with Crippen molar-refractivity contribution in [3.63, 3.8) is 0 Å². The lowest BCUT2D eigenvalue weighted by Gasteiger charge is -2.22. The molecule has 1 aromatic heterocycles. The summed E-state index contributed by atoms with van der Waals surface area (Å²) in [6.45, 7) is 3.70. The number of ether oxygens (including phenoxy) is 1. The molecule has 0 amide bonds. The van der Waals surface area contributed by atoms with Crippen molar-refractivity contribution in [3.8, 4) is 5.75 Å². The Bertz CT molecular complexity index is 543. The van der Waals surface area contributed by atoms with Crippen LogP contribution >= 0.6 is 0 Å². The minimum Gasteiger partial charge on any atom is -0.479 e. The van der Waals surface area contributed by atoms with Gasteiger partial charge in [0.05, 0.1) is 5.69 Å². The summed E-state index contributed by atoms with van der Waals surface area (Å²) in [5.41, 5.74) is 7.54. The van der Waals surface area contributed by atoms with Crippen LogP contribution in [0.2, 0.25) is 0 Å². The van der Waals surface area contributed by atoms with Crippen LogP contribution in [0.4, 0.5) is 4.39 Å². The standard InChI is InChI=1S/C15H17FN2O/c1-10-6-7-12(16)14(9-10)19-15(11(2)17)13-5-3-4-8-18-13/h3-9,11,15H,17H2,1-2H3. The summed E-state index contributed by atoms with van der Waals surface area (Å²) in [7, 11) is 0. The van der Waals surface area contributed by atoms with Crippen LogP contribution in [0.15, 0.2) is 42.6 Å². The van der Waals surface area contributed by atoms with Crippen molar-refractivity contribution < 1.29 is 9.13 Å². The normalized spacial score (nSPS) is 13.9. The smallest absolute Gasteiger partial charge is 0.165 e. The summed E-state index contributed by atoms with van der Waals surface area (Å²) in [6.07, 6.45) is 1.19. The first kappa shape index (κ1) is 13.5. The number of hydrogen-bond donors (Lipinski definition) is 1. The highest BCUT2D eigenvalue weighted by atomic mass is 19.1. The summed E-state index contributed by atoms with van der Waals surface area (Å²) >= 11 is 0. The fourth-order valence-electron chi connectivity index (χ4n) is 1.82. The molecular formula is C15H17FN2O. The molecule has 100 valence electrons. The number of hydrogen-bond acceptors (Lipinski definition) is 3. The van der Waals surface area contributed by atoms with Gasteiger partial charge < -0.3 is 10.5 Å². The van der Waals surface area contributed by atoms with Gasteiger partial charge in [0.2, 0.25) is 0 Å². The topological polar surface area (TPSA) is 48.1 Å². The predicted octanol–water partition coefficient (Wildman–Crippen LogP) is 3.00. The number of aromatic nitrogens is 1. The second-order valence-corrected chi connectivity index (χ2v) is 4.59. The lowest BCUT2D eigenvalue weighted by Crippen LogP contribution is -2.30. The highest BCUT2D eigenvalue weighted by Crippen LogP contribution is 2.26. The molecule has 1 heterocycles. The number of rotatable bonds is 4. The summed E-state index contributed by atoms with van der Waals surface area (Å²) < 4.78 is 19.4. The minimum atomic E-state index is -0.475. The van der Waals surface area contributed by atoms with E-state index in [0.717, 1.165) is 5.56 Å². The monoisotopic (exact) mass is 260 g/mol. The number of aryl methyl sites for hydroxylation is 1. The van der Waals surface area contributed by atoms with Crippen LogP contribution in [0, 0.1) is 12.7 Å². The fraction of sp³-hybridized carbons (Fsp3) is 0.267. The summed E-state index contributed by atoms with van der Waals surface area (Å²) in [4.78, 5) is 4.22. The van der Waals surface area contributed by atoms with E-state index in [1.807, 2.05) is 32.0 Å². The molecule has 2 rings (SSSR count). The van der Waals surface area contributed by atoms with Crippen LogP contribution in [0.3, 0.4) is 0 Å².